The van der Waals surface area contributed by atoms with Gasteiger partial charge in [-0.15, -0.1) is 0 Å². The standard InChI is InChI=1S/C28H36N2O3/c1-21(2)24-8-4-23(5-9-24)17-29-14-3-12-28(18-29)13-15-30(19-28)27(31)11-7-22-6-10-25-26(16-22)33-20-32-25/h4-6,8-10,16,21H,3,7,11-15,17-20H2,1-2H3/t28-/m1/s1. The first kappa shape index (κ1) is 22.3. The van der Waals surface area contributed by atoms with Gasteiger partial charge in [0.15, 0.2) is 11.5 Å². The van der Waals surface area contributed by atoms with Crippen LogP contribution in [0.1, 0.15) is 62.1 Å². The van der Waals surface area contributed by atoms with E-state index in [0.29, 0.717) is 12.3 Å². The molecule has 2 fully saturated rings. The van der Waals surface area contributed by atoms with Crippen molar-refractivity contribution in [1.29, 1.82) is 0 Å². The second-order valence-electron chi connectivity index (χ2n) is 10.5. The first-order valence-corrected chi connectivity index (χ1v) is 12.5. The van der Waals surface area contributed by atoms with E-state index in [-0.39, 0.29) is 18.1 Å². The number of hydrogen-bond donors (Lipinski definition) is 0. The van der Waals surface area contributed by atoms with Crippen LogP contribution in [0.5, 0.6) is 11.5 Å². The van der Waals surface area contributed by atoms with Crippen molar-refractivity contribution in [3.05, 3.63) is 59.2 Å². The number of hydrogen-bond acceptors (Lipinski definition) is 4. The number of amides is 1. The number of carbonyl (C=O) groups is 1. The molecule has 5 heteroatoms. The fraction of sp³-hybridized carbons (Fsp3) is 0.536. The smallest absolute Gasteiger partial charge is 0.231 e. The minimum absolute atomic E-state index is 0.268. The van der Waals surface area contributed by atoms with Crippen LogP contribution in [0.2, 0.25) is 0 Å². The molecular formula is C28H36N2O3. The summed E-state index contributed by atoms with van der Waals surface area (Å²) in [6.45, 7) is 9.85. The molecule has 2 saturated heterocycles. The third-order valence-electron chi connectivity index (χ3n) is 7.65. The Morgan fingerprint density at radius 3 is 2.58 bits per heavy atom. The zero-order chi connectivity index (χ0) is 22.8. The minimum atomic E-state index is 0.268. The molecule has 0 N–H and O–H groups in total. The van der Waals surface area contributed by atoms with Crippen molar-refractivity contribution in [2.75, 3.05) is 33.0 Å². The molecule has 1 atom stereocenters. The molecule has 5 rings (SSSR count). The molecule has 3 aliphatic heterocycles. The topological polar surface area (TPSA) is 42.0 Å². The van der Waals surface area contributed by atoms with Crippen molar-refractivity contribution in [2.45, 2.75) is 58.4 Å². The first-order chi connectivity index (χ1) is 16.0. The van der Waals surface area contributed by atoms with E-state index in [1.54, 1.807) is 0 Å². The largest absolute Gasteiger partial charge is 0.454 e. The van der Waals surface area contributed by atoms with Crippen LogP contribution >= 0.6 is 0 Å². The summed E-state index contributed by atoms with van der Waals surface area (Å²) in [5.41, 5.74) is 4.20. The number of benzene rings is 2. The molecule has 0 aliphatic carbocycles. The van der Waals surface area contributed by atoms with Crippen molar-refractivity contribution >= 4 is 5.91 Å². The highest BCUT2D eigenvalue weighted by molar-refractivity contribution is 5.77. The van der Waals surface area contributed by atoms with Gasteiger partial charge in [-0.25, -0.2) is 0 Å². The molecule has 0 bridgehead atoms. The Bertz CT molecular complexity index is 987. The van der Waals surface area contributed by atoms with Gasteiger partial charge >= 0.3 is 0 Å². The summed E-state index contributed by atoms with van der Waals surface area (Å²) in [4.78, 5) is 17.7. The zero-order valence-electron chi connectivity index (χ0n) is 20.0. The summed E-state index contributed by atoms with van der Waals surface area (Å²) in [5.74, 6) is 2.45. The highest BCUT2D eigenvalue weighted by Crippen LogP contribution is 2.40. The fourth-order valence-electron chi connectivity index (χ4n) is 5.70. The number of likely N-dealkylation sites (tertiary alicyclic amines) is 2. The number of nitrogens with zero attached hydrogens (tertiary/aromatic N) is 2. The SMILES string of the molecule is CC(C)c1ccc(CN2CCC[C@@]3(CCN(C(=O)CCc4ccc5c(c4)OCO5)C3)C2)cc1. The van der Waals surface area contributed by atoms with E-state index in [9.17, 15) is 4.79 Å². The van der Waals surface area contributed by atoms with Crippen LogP contribution in [-0.4, -0.2) is 48.7 Å². The average molecular weight is 449 g/mol. The lowest BCUT2D eigenvalue weighted by Gasteiger charge is -2.40. The van der Waals surface area contributed by atoms with E-state index in [0.717, 1.165) is 62.6 Å². The van der Waals surface area contributed by atoms with E-state index >= 15 is 0 Å². The number of aryl methyl sites for hydroxylation is 1. The van der Waals surface area contributed by atoms with Crippen LogP contribution in [0.4, 0.5) is 0 Å². The van der Waals surface area contributed by atoms with Crippen LogP contribution in [0.15, 0.2) is 42.5 Å². The Balaban J connectivity index is 1.14. The molecule has 0 unspecified atom stereocenters. The summed E-state index contributed by atoms with van der Waals surface area (Å²) in [6, 6.07) is 15.1. The van der Waals surface area contributed by atoms with E-state index in [1.807, 2.05) is 18.2 Å². The maximum absolute atomic E-state index is 13.0. The Morgan fingerprint density at radius 2 is 1.76 bits per heavy atom. The lowest BCUT2D eigenvalue weighted by molar-refractivity contribution is -0.130. The van der Waals surface area contributed by atoms with E-state index < -0.39 is 0 Å². The third-order valence-corrected chi connectivity index (χ3v) is 7.65. The van der Waals surface area contributed by atoms with Gasteiger partial charge in [-0.3, -0.25) is 9.69 Å². The van der Waals surface area contributed by atoms with Crippen molar-refractivity contribution < 1.29 is 14.3 Å². The first-order valence-electron chi connectivity index (χ1n) is 12.5. The van der Waals surface area contributed by atoms with Gasteiger partial charge in [-0.05, 0) is 67.0 Å². The van der Waals surface area contributed by atoms with Crippen molar-refractivity contribution in [2.24, 2.45) is 5.41 Å². The summed E-state index contributed by atoms with van der Waals surface area (Å²) >= 11 is 0. The molecule has 0 aromatic heterocycles. The van der Waals surface area contributed by atoms with Crippen LogP contribution in [0, 0.1) is 5.41 Å². The number of carbonyl (C=O) groups excluding carboxylic acids is 1. The molecule has 2 aromatic carbocycles. The van der Waals surface area contributed by atoms with Gasteiger partial charge in [0.1, 0.15) is 0 Å². The maximum atomic E-state index is 13.0. The van der Waals surface area contributed by atoms with E-state index in [1.165, 1.54) is 24.0 Å². The fourth-order valence-corrected chi connectivity index (χ4v) is 5.70. The average Bonchev–Trinajstić information content (AvgIpc) is 3.45. The molecule has 1 spiro atoms. The highest BCUT2D eigenvalue weighted by Gasteiger charge is 2.42. The van der Waals surface area contributed by atoms with E-state index in [2.05, 4.69) is 47.9 Å². The van der Waals surface area contributed by atoms with Gasteiger partial charge in [-0.2, -0.15) is 0 Å². The van der Waals surface area contributed by atoms with Gasteiger partial charge < -0.3 is 14.4 Å². The lowest BCUT2D eigenvalue weighted by atomic mass is 9.79. The maximum Gasteiger partial charge on any atom is 0.231 e. The summed E-state index contributed by atoms with van der Waals surface area (Å²) in [5, 5.41) is 0. The monoisotopic (exact) mass is 448 g/mol. The number of ether oxygens (including phenoxy) is 2. The summed E-state index contributed by atoms with van der Waals surface area (Å²) < 4.78 is 10.9. The Hall–Kier alpha value is -2.53. The second-order valence-corrected chi connectivity index (χ2v) is 10.5. The molecule has 5 nitrogen and oxygen atoms in total. The highest BCUT2D eigenvalue weighted by atomic mass is 16.7. The van der Waals surface area contributed by atoms with Crippen LogP contribution in [-0.2, 0) is 17.8 Å². The van der Waals surface area contributed by atoms with Gasteiger partial charge in [-0.1, -0.05) is 44.2 Å². The molecular weight excluding hydrogens is 412 g/mol. The van der Waals surface area contributed by atoms with Crippen LogP contribution < -0.4 is 9.47 Å². The molecule has 2 aromatic rings. The third kappa shape index (κ3) is 5.03. The Labute approximate surface area is 197 Å². The summed E-state index contributed by atoms with van der Waals surface area (Å²) in [7, 11) is 0. The molecule has 0 radical (unpaired) electrons. The molecule has 3 heterocycles. The number of piperidine rings is 1. The van der Waals surface area contributed by atoms with Crippen LogP contribution in [0.25, 0.3) is 0 Å². The van der Waals surface area contributed by atoms with Crippen LogP contribution in [0.3, 0.4) is 0 Å². The minimum Gasteiger partial charge on any atom is -0.454 e. The Morgan fingerprint density at radius 1 is 0.970 bits per heavy atom. The van der Waals surface area contributed by atoms with Gasteiger partial charge in [0.05, 0.1) is 0 Å². The van der Waals surface area contributed by atoms with Crippen molar-refractivity contribution in [3.63, 3.8) is 0 Å². The summed E-state index contributed by atoms with van der Waals surface area (Å²) in [6.07, 6.45) is 4.90. The normalized spacial score (nSPS) is 22.5. The van der Waals surface area contributed by atoms with Gasteiger partial charge in [0, 0.05) is 38.0 Å². The molecule has 1 amide bonds. The van der Waals surface area contributed by atoms with Gasteiger partial charge in [0.2, 0.25) is 12.7 Å². The lowest BCUT2D eigenvalue weighted by Crippen LogP contribution is -2.45. The molecule has 33 heavy (non-hydrogen) atoms. The number of rotatable bonds is 6. The zero-order valence-corrected chi connectivity index (χ0v) is 20.0. The van der Waals surface area contributed by atoms with Crippen molar-refractivity contribution in [1.82, 2.24) is 9.80 Å². The second kappa shape index (κ2) is 9.38. The quantitative estimate of drug-likeness (QED) is 0.625. The predicted octanol–water partition coefficient (Wildman–Crippen LogP) is 4.99. The molecule has 176 valence electrons. The predicted molar refractivity (Wildman–Crippen MR) is 130 cm³/mol. The molecule has 3 aliphatic rings. The Kier molecular flexibility index (Phi) is 6.33. The van der Waals surface area contributed by atoms with Crippen molar-refractivity contribution in [3.8, 4) is 11.5 Å². The number of fused-ring (bicyclic) bond motifs is 1. The van der Waals surface area contributed by atoms with Gasteiger partial charge in [0.25, 0.3) is 0 Å². The molecule has 0 saturated carbocycles. The van der Waals surface area contributed by atoms with E-state index in [4.69, 9.17) is 9.47 Å².